The summed E-state index contributed by atoms with van der Waals surface area (Å²) in [5, 5.41) is 4.35. The lowest BCUT2D eigenvalue weighted by molar-refractivity contribution is 0.151. The molecule has 1 aromatic carbocycles. The van der Waals surface area contributed by atoms with E-state index in [0.717, 1.165) is 24.2 Å². The Morgan fingerprint density at radius 1 is 1.12 bits per heavy atom. The molecule has 0 spiro atoms. The van der Waals surface area contributed by atoms with Crippen LogP contribution in [0, 0.1) is 0 Å². The zero-order chi connectivity index (χ0) is 17.2. The number of aryl methyl sites for hydroxylation is 1. The van der Waals surface area contributed by atoms with E-state index in [2.05, 4.69) is 21.1 Å². The van der Waals surface area contributed by atoms with Crippen LogP contribution in [-0.4, -0.2) is 19.7 Å². The molecule has 126 valence electrons. The van der Waals surface area contributed by atoms with E-state index >= 15 is 0 Å². The van der Waals surface area contributed by atoms with E-state index in [-0.39, 0.29) is 5.56 Å². The van der Waals surface area contributed by atoms with E-state index in [0.29, 0.717) is 17.2 Å². The highest BCUT2D eigenvalue weighted by molar-refractivity contribution is 5.69. The number of aromatic nitrogens is 4. The summed E-state index contributed by atoms with van der Waals surface area (Å²) in [4.78, 5) is 8.29. The first kappa shape index (κ1) is 15.4. The molecule has 7 heteroatoms. The third kappa shape index (κ3) is 3.00. The van der Waals surface area contributed by atoms with Crippen LogP contribution in [0.2, 0.25) is 0 Å². The van der Waals surface area contributed by atoms with E-state index < -0.39 is 6.43 Å². The maximum absolute atomic E-state index is 12.7. The molecule has 0 N–H and O–H groups in total. The second-order valence-corrected chi connectivity index (χ2v) is 5.58. The Balaban J connectivity index is 1.67. The van der Waals surface area contributed by atoms with Crippen LogP contribution in [0.1, 0.15) is 29.7 Å². The first-order valence-corrected chi connectivity index (χ1v) is 7.82. The topological polar surface area (TPSA) is 52.8 Å². The summed E-state index contributed by atoms with van der Waals surface area (Å²) < 4.78 is 33.0. The minimum atomic E-state index is -2.51. The quantitative estimate of drug-likeness (QED) is 0.713. The summed E-state index contributed by atoms with van der Waals surface area (Å²) in [6.45, 7) is 0. The summed E-state index contributed by atoms with van der Waals surface area (Å²) in [6.07, 6.45) is 6.17. The van der Waals surface area contributed by atoms with E-state index in [1.165, 1.54) is 30.6 Å². The third-order valence-corrected chi connectivity index (χ3v) is 3.99. The highest BCUT2D eigenvalue weighted by Crippen LogP contribution is 2.32. The van der Waals surface area contributed by atoms with Crippen LogP contribution in [0.3, 0.4) is 0 Å². The molecule has 5 nitrogen and oxygen atoms in total. The number of allylic oxidation sites excluding steroid dienone is 1. The molecule has 0 atom stereocenters. The molecule has 1 aliphatic heterocycles. The molecule has 0 saturated carbocycles. The van der Waals surface area contributed by atoms with Gasteiger partial charge in [-0.2, -0.15) is 5.10 Å². The van der Waals surface area contributed by atoms with Gasteiger partial charge in [0.2, 0.25) is 5.88 Å². The van der Waals surface area contributed by atoms with Crippen molar-refractivity contribution >= 4 is 5.70 Å². The molecule has 2 aromatic heterocycles. The highest BCUT2D eigenvalue weighted by atomic mass is 19.3. The van der Waals surface area contributed by atoms with E-state index in [4.69, 9.17) is 4.74 Å². The van der Waals surface area contributed by atoms with Crippen LogP contribution in [0.15, 0.2) is 55.1 Å². The Morgan fingerprint density at radius 3 is 2.76 bits per heavy atom. The van der Waals surface area contributed by atoms with Crippen LogP contribution < -0.4 is 4.74 Å². The zero-order valence-electron chi connectivity index (χ0n) is 13.1. The SMILES string of the molecule is FC(F)c1ccc(Oc2ncncc2C2=CCCc3ccnn32)cc1. The lowest BCUT2D eigenvalue weighted by Crippen LogP contribution is -2.11. The van der Waals surface area contributed by atoms with Crippen molar-refractivity contribution in [3.05, 3.63) is 71.9 Å². The average molecular weight is 340 g/mol. The maximum Gasteiger partial charge on any atom is 0.263 e. The Labute approximate surface area is 142 Å². The predicted molar refractivity (Wildman–Crippen MR) is 87.4 cm³/mol. The Morgan fingerprint density at radius 2 is 1.96 bits per heavy atom. The lowest BCUT2D eigenvalue weighted by atomic mass is 10.1. The number of benzene rings is 1. The Hall–Kier alpha value is -3.09. The smallest absolute Gasteiger partial charge is 0.263 e. The molecule has 0 fully saturated rings. The molecule has 0 aliphatic carbocycles. The molecule has 25 heavy (non-hydrogen) atoms. The summed E-state index contributed by atoms with van der Waals surface area (Å²) >= 11 is 0. The molecule has 0 saturated heterocycles. The van der Waals surface area contributed by atoms with E-state index in [1.54, 1.807) is 12.4 Å². The molecule has 4 rings (SSSR count). The summed E-state index contributed by atoms with van der Waals surface area (Å²) in [5.74, 6) is 0.788. The van der Waals surface area contributed by atoms with Crippen molar-refractivity contribution in [2.45, 2.75) is 19.3 Å². The molecule has 0 unspecified atom stereocenters. The fourth-order valence-electron chi connectivity index (χ4n) is 2.77. The monoisotopic (exact) mass is 340 g/mol. The molecule has 3 aromatic rings. The van der Waals surface area contributed by atoms with Crippen molar-refractivity contribution in [2.75, 3.05) is 0 Å². The van der Waals surface area contributed by atoms with Crippen molar-refractivity contribution in [2.24, 2.45) is 0 Å². The second kappa shape index (κ2) is 6.43. The number of ether oxygens (including phenoxy) is 1. The van der Waals surface area contributed by atoms with Crippen LogP contribution in [0.25, 0.3) is 5.70 Å². The molecular weight excluding hydrogens is 326 g/mol. The van der Waals surface area contributed by atoms with Crippen LogP contribution in [0.5, 0.6) is 11.6 Å². The molecule has 0 radical (unpaired) electrons. The van der Waals surface area contributed by atoms with Gasteiger partial charge in [-0.25, -0.2) is 23.4 Å². The summed E-state index contributed by atoms with van der Waals surface area (Å²) in [5.41, 5.74) is 2.61. The van der Waals surface area contributed by atoms with Crippen molar-refractivity contribution in [3.8, 4) is 11.6 Å². The number of rotatable bonds is 4. The fourth-order valence-corrected chi connectivity index (χ4v) is 2.77. The van der Waals surface area contributed by atoms with Crippen LogP contribution in [0.4, 0.5) is 8.78 Å². The molecule has 0 bridgehead atoms. The fraction of sp³-hybridized carbons (Fsp3) is 0.167. The van der Waals surface area contributed by atoms with Gasteiger partial charge in [0.05, 0.1) is 11.3 Å². The third-order valence-electron chi connectivity index (χ3n) is 3.99. The van der Waals surface area contributed by atoms with Gasteiger partial charge in [-0.3, -0.25) is 0 Å². The van der Waals surface area contributed by atoms with Crippen molar-refractivity contribution in [3.63, 3.8) is 0 Å². The van der Waals surface area contributed by atoms with E-state index in [9.17, 15) is 8.78 Å². The van der Waals surface area contributed by atoms with Gasteiger partial charge in [0.1, 0.15) is 12.1 Å². The predicted octanol–water partition coefficient (Wildman–Crippen LogP) is 4.24. The van der Waals surface area contributed by atoms with Crippen molar-refractivity contribution in [1.82, 2.24) is 19.7 Å². The molecular formula is C18H14F2N4O. The van der Waals surface area contributed by atoms with E-state index in [1.807, 2.05) is 10.7 Å². The highest BCUT2D eigenvalue weighted by Gasteiger charge is 2.19. The van der Waals surface area contributed by atoms with Gasteiger partial charge >= 0.3 is 0 Å². The van der Waals surface area contributed by atoms with Crippen LogP contribution >= 0.6 is 0 Å². The Bertz CT molecular complexity index is 919. The first-order valence-electron chi connectivity index (χ1n) is 7.82. The number of fused-ring (bicyclic) bond motifs is 1. The normalized spacial score (nSPS) is 13.5. The van der Waals surface area contributed by atoms with Gasteiger partial charge in [0, 0.05) is 23.7 Å². The van der Waals surface area contributed by atoms with Gasteiger partial charge in [0.25, 0.3) is 6.43 Å². The zero-order valence-corrected chi connectivity index (χ0v) is 13.1. The van der Waals surface area contributed by atoms with Crippen molar-refractivity contribution in [1.29, 1.82) is 0 Å². The number of hydrogen-bond acceptors (Lipinski definition) is 4. The standard InChI is InChI=1S/C18H14F2N4O/c19-17(20)12-4-6-14(7-5-12)25-18-15(10-21-11-22-18)16-3-1-2-13-8-9-23-24(13)16/h3-11,17H,1-2H2. The summed E-state index contributed by atoms with van der Waals surface area (Å²) in [7, 11) is 0. The molecule has 0 amide bonds. The second-order valence-electron chi connectivity index (χ2n) is 5.58. The minimum Gasteiger partial charge on any atom is -0.438 e. The van der Waals surface area contributed by atoms with Gasteiger partial charge in [-0.15, -0.1) is 0 Å². The number of halogens is 2. The van der Waals surface area contributed by atoms with Crippen LogP contribution in [-0.2, 0) is 6.42 Å². The van der Waals surface area contributed by atoms with Gasteiger partial charge in [0.15, 0.2) is 0 Å². The molecule has 1 aliphatic rings. The minimum absolute atomic E-state index is 0.0496. The first-order chi connectivity index (χ1) is 12.2. The van der Waals surface area contributed by atoms with Gasteiger partial charge in [-0.1, -0.05) is 6.08 Å². The number of alkyl halides is 2. The number of nitrogens with zero attached hydrogens (tertiary/aromatic N) is 4. The Kier molecular flexibility index (Phi) is 3.97. The van der Waals surface area contributed by atoms with Gasteiger partial charge < -0.3 is 4.74 Å². The van der Waals surface area contributed by atoms with Gasteiger partial charge in [-0.05, 0) is 43.2 Å². The number of hydrogen-bond donors (Lipinski definition) is 0. The largest absolute Gasteiger partial charge is 0.438 e. The maximum atomic E-state index is 12.7. The molecule has 3 heterocycles. The lowest BCUT2D eigenvalue weighted by Gasteiger charge is -2.18. The van der Waals surface area contributed by atoms with Crippen molar-refractivity contribution < 1.29 is 13.5 Å². The summed E-state index contributed by atoms with van der Waals surface area (Å²) in [6, 6.07) is 7.66. The average Bonchev–Trinajstić information content (AvgIpc) is 3.11.